The Kier molecular flexibility index (Phi) is 2.62. The van der Waals surface area contributed by atoms with Crippen molar-refractivity contribution in [2.75, 3.05) is 0 Å². The zero-order valence-corrected chi connectivity index (χ0v) is 7.55. The molecule has 3 aromatic rings. The molecule has 0 saturated heterocycles. The van der Waals surface area contributed by atoms with Crippen molar-refractivity contribution in [1.82, 2.24) is 9.97 Å². The Morgan fingerprint density at radius 3 is 2.71 bits per heavy atom. The fourth-order valence-corrected chi connectivity index (χ4v) is 1.12. The van der Waals surface area contributed by atoms with Crippen molar-refractivity contribution in [2.24, 2.45) is 0 Å². The van der Waals surface area contributed by atoms with Crippen LogP contribution in [-0.2, 0) is 0 Å². The van der Waals surface area contributed by atoms with Gasteiger partial charge >= 0.3 is 0 Å². The molecule has 1 aromatic carbocycles. The van der Waals surface area contributed by atoms with Crippen molar-refractivity contribution in [1.29, 1.82) is 0 Å². The number of H-pyrrole nitrogens is 1. The van der Waals surface area contributed by atoms with E-state index in [4.69, 9.17) is 4.42 Å². The SMILES string of the molecule is c1c[nH]cn1.c1ccc2occc2c1. The number of para-hydroxylation sites is 1. The fourth-order valence-electron chi connectivity index (χ4n) is 1.12. The van der Waals surface area contributed by atoms with Gasteiger partial charge in [-0.1, -0.05) is 18.2 Å². The Bertz CT molecular complexity index is 423. The maximum absolute atomic E-state index is 5.12. The van der Waals surface area contributed by atoms with Crippen molar-refractivity contribution in [2.45, 2.75) is 0 Å². The fraction of sp³-hybridized carbons (Fsp3) is 0. The minimum atomic E-state index is 0.956. The van der Waals surface area contributed by atoms with Crippen molar-refractivity contribution in [3.8, 4) is 0 Å². The van der Waals surface area contributed by atoms with Crippen LogP contribution < -0.4 is 0 Å². The number of nitrogens with zero attached hydrogens (tertiary/aromatic N) is 1. The lowest BCUT2D eigenvalue weighted by molar-refractivity contribution is 0.616. The van der Waals surface area contributed by atoms with E-state index in [1.807, 2.05) is 30.3 Å². The zero-order valence-electron chi connectivity index (χ0n) is 7.55. The Labute approximate surface area is 81.4 Å². The average Bonchev–Trinajstić information content (AvgIpc) is 2.92. The van der Waals surface area contributed by atoms with Gasteiger partial charge in [-0.15, -0.1) is 0 Å². The van der Waals surface area contributed by atoms with Gasteiger partial charge in [-0.2, -0.15) is 0 Å². The maximum Gasteiger partial charge on any atom is 0.133 e. The first-order valence-electron chi connectivity index (χ1n) is 4.32. The highest BCUT2D eigenvalue weighted by Crippen LogP contribution is 2.12. The van der Waals surface area contributed by atoms with Gasteiger partial charge < -0.3 is 9.40 Å². The summed E-state index contributed by atoms with van der Waals surface area (Å²) in [5.41, 5.74) is 0.956. The number of aromatic nitrogens is 2. The number of hydrogen-bond donors (Lipinski definition) is 1. The van der Waals surface area contributed by atoms with Crippen LogP contribution in [0.4, 0.5) is 0 Å². The predicted molar refractivity (Wildman–Crippen MR) is 54.8 cm³/mol. The van der Waals surface area contributed by atoms with Crippen LogP contribution in [0.2, 0.25) is 0 Å². The number of nitrogens with one attached hydrogen (secondary N) is 1. The molecule has 0 aliphatic carbocycles. The van der Waals surface area contributed by atoms with Crippen LogP contribution in [0.1, 0.15) is 0 Å². The second-order valence-electron chi connectivity index (χ2n) is 2.72. The number of imidazole rings is 1. The molecule has 0 unspecified atom stereocenters. The largest absolute Gasteiger partial charge is 0.464 e. The highest BCUT2D eigenvalue weighted by atomic mass is 16.3. The lowest BCUT2D eigenvalue weighted by Crippen LogP contribution is -1.57. The van der Waals surface area contributed by atoms with E-state index in [-0.39, 0.29) is 0 Å². The van der Waals surface area contributed by atoms with Crippen LogP contribution in [0, 0.1) is 0 Å². The van der Waals surface area contributed by atoms with Crippen LogP contribution in [0.15, 0.2) is 59.7 Å². The molecule has 0 radical (unpaired) electrons. The number of hydrogen-bond acceptors (Lipinski definition) is 2. The van der Waals surface area contributed by atoms with Crippen LogP contribution in [0.3, 0.4) is 0 Å². The van der Waals surface area contributed by atoms with E-state index in [0.717, 1.165) is 11.0 Å². The molecule has 0 aliphatic heterocycles. The van der Waals surface area contributed by atoms with E-state index in [2.05, 4.69) is 9.97 Å². The molecule has 1 N–H and O–H groups in total. The first-order chi connectivity index (χ1) is 6.97. The van der Waals surface area contributed by atoms with Gasteiger partial charge in [0, 0.05) is 17.8 Å². The molecule has 70 valence electrons. The second-order valence-corrected chi connectivity index (χ2v) is 2.72. The topological polar surface area (TPSA) is 41.8 Å². The van der Waals surface area contributed by atoms with Gasteiger partial charge in [-0.05, 0) is 12.1 Å². The molecular formula is C11H10N2O. The summed E-state index contributed by atoms with van der Waals surface area (Å²) in [5, 5.41) is 1.16. The summed E-state index contributed by atoms with van der Waals surface area (Å²) in [6.07, 6.45) is 6.78. The maximum atomic E-state index is 5.12. The molecule has 0 saturated carbocycles. The molecule has 0 bridgehead atoms. The highest BCUT2D eigenvalue weighted by molar-refractivity contribution is 5.76. The van der Waals surface area contributed by atoms with Crippen LogP contribution >= 0.6 is 0 Å². The number of furan rings is 1. The number of fused-ring (bicyclic) bond motifs is 1. The van der Waals surface area contributed by atoms with Gasteiger partial charge in [0.15, 0.2) is 0 Å². The van der Waals surface area contributed by atoms with Crippen LogP contribution in [0.25, 0.3) is 11.0 Å². The van der Waals surface area contributed by atoms with Gasteiger partial charge in [0.2, 0.25) is 0 Å². The molecule has 0 atom stereocenters. The van der Waals surface area contributed by atoms with E-state index in [1.54, 1.807) is 25.0 Å². The van der Waals surface area contributed by atoms with Gasteiger partial charge in [0.05, 0.1) is 12.6 Å². The first-order valence-corrected chi connectivity index (χ1v) is 4.32. The summed E-state index contributed by atoms with van der Waals surface area (Å²) in [5.74, 6) is 0. The molecular weight excluding hydrogens is 176 g/mol. The van der Waals surface area contributed by atoms with Gasteiger partial charge in [-0.3, -0.25) is 0 Å². The summed E-state index contributed by atoms with van der Waals surface area (Å²) >= 11 is 0. The van der Waals surface area contributed by atoms with Gasteiger partial charge in [0.1, 0.15) is 5.58 Å². The molecule has 2 heterocycles. The second kappa shape index (κ2) is 4.28. The molecule has 3 nitrogen and oxygen atoms in total. The normalized spacial score (nSPS) is 9.43. The van der Waals surface area contributed by atoms with E-state index in [0.29, 0.717) is 0 Å². The third-order valence-corrected chi connectivity index (χ3v) is 1.77. The number of benzene rings is 1. The monoisotopic (exact) mass is 186 g/mol. The molecule has 0 fully saturated rings. The van der Waals surface area contributed by atoms with Crippen molar-refractivity contribution >= 4 is 11.0 Å². The van der Waals surface area contributed by atoms with E-state index >= 15 is 0 Å². The standard InChI is InChI=1S/C8H6O.C3H4N2/c1-2-4-8-7(3-1)5-6-9-8;1-2-5-3-4-1/h1-6H;1-3H,(H,4,5). The Morgan fingerprint density at radius 2 is 2.07 bits per heavy atom. The Hall–Kier alpha value is -2.03. The van der Waals surface area contributed by atoms with Crippen molar-refractivity contribution in [3.05, 3.63) is 55.3 Å². The minimum Gasteiger partial charge on any atom is -0.464 e. The predicted octanol–water partition coefficient (Wildman–Crippen LogP) is 2.84. The smallest absolute Gasteiger partial charge is 0.133 e. The van der Waals surface area contributed by atoms with E-state index in [1.165, 1.54) is 0 Å². The zero-order chi connectivity index (χ0) is 9.64. The summed E-state index contributed by atoms with van der Waals surface area (Å²) in [4.78, 5) is 6.42. The number of aromatic amines is 1. The van der Waals surface area contributed by atoms with Crippen LogP contribution in [-0.4, -0.2) is 9.97 Å². The van der Waals surface area contributed by atoms with Crippen molar-refractivity contribution < 1.29 is 4.42 Å². The Morgan fingerprint density at radius 1 is 1.14 bits per heavy atom. The average molecular weight is 186 g/mol. The molecule has 3 rings (SSSR count). The van der Waals surface area contributed by atoms with Gasteiger partial charge in [-0.25, -0.2) is 4.98 Å². The van der Waals surface area contributed by atoms with Crippen LogP contribution in [0.5, 0.6) is 0 Å². The molecule has 3 heteroatoms. The van der Waals surface area contributed by atoms with Gasteiger partial charge in [0.25, 0.3) is 0 Å². The molecule has 14 heavy (non-hydrogen) atoms. The lowest BCUT2D eigenvalue weighted by Gasteiger charge is -1.81. The van der Waals surface area contributed by atoms with E-state index in [9.17, 15) is 0 Å². The summed E-state index contributed by atoms with van der Waals surface area (Å²) < 4.78 is 5.12. The molecule has 0 amide bonds. The first kappa shape index (κ1) is 8.56. The quantitative estimate of drug-likeness (QED) is 0.586. The Balaban J connectivity index is 0.000000128. The molecule has 0 aliphatic rings. The summed E-state index contributed by atoms with van der Waals surface area (Å²) in [6.45, 7) is 0. The highest BCUT2D eigenvalue weighted by Gasteiger charge is 1.89. The molecule has 0 spiro atoms. The van der Waals surface area contributed by atoms with E-state index < -0.39 is 0 Å². The third-order valence-electron chi connectivity index (χ3n) is 1.77. The third kappa shape index (κ3) is 2.01. The summed E-state index contributed by atoms with van der Waals surface area (Å²) in [6, 6.07) is 9.90. The lowest BCUT2D eigenvalue weighted by atomic mass is 10.3. The molecule has 2 aromatic heterocycles. The summed E-state index contributed by atoms with van der Waals surface area (Å²) in [7, 11) is 0. The van der Waals surface area contributed by atoms with Crippen molar-refractivity contribution in [3.63, 3.8) is 0 Å². The number of rotatable bonds is 0. The minimum absolute atomic E-state index is 0.956.